The van der Waals surface area contributed by atoms with E-state index in [-0.39, 0.29) is 0 Å². The highest BCUT2D eigenvalue weighted by Gasteiger charge is 2.68. The van der Waals surface area contributed by atoms with E-state index in [9.17, 15) is 0 Å². The summed E-state index contributed by atoms with van der Waals surface area (Å²) in [6.07, 6.45) is 7.59. The van der Waals surface area contributed by atoms with E-state index in [1.54, 1.807) is 12.8 Å². The van der Waals surface area contributed by atoms with Crippen LogP contribution in [-0.4, -0.2) is 0 Å². The van der Waals surface area contributed by atoms with E-state index >= 15 is 0 Å². The molecule has 0 radical (unpaired) electrons. The predicted molar refractivity (Wildman–Crippen MR) is 55.4 cm³/mol. The van der Waals surface area contributed by atoms with Crippen LogP contribution in [0.2, 0.25) is 0 Å². The second-order valence-corrected chi connectivity index (χ2v) is 5.67. The Morgan fingerprint density at radius 1 is 1.15 bits per heavy atom. The van der Waals surface area contributed by atoms with E-state index < -0.39 is 0 Å². The van der Waals surface area contributed by atoms with Gasteiger partial charge in [-0.3, -0.25) is 0 Å². The zero-order valence-electron chi connectivity index (χ0n) is 9.00. The van der Waals surface area contributed by atoms with Crippen LogP contribution in [0.15, 0.2) is 0 Å². The standard InChI is InChI=1S/C13H22/c1-3-5-8(4-2)12-11-7-9-6-10(9)13(11)12/h8-13H,3-7H2,1-2H3. The molecule has 0 bridgehead atoms. The highest BCUT2D eigenvalue weighted by Crippen LogP contribution is 2.74. The fraction of sp³-hybridized carbons (Fsp3) is 1.00. The van der Waals surface area contributed by atoms with Crippen molar-refractivity contribution in [2.24, 2.45) is 35.5 Å². The third-order valence-electron chi connectivity index (χ3n) is 5.07. The topological polar surface area (TPSA) is 0 Å². The van der Waals surface area contributed by atoms with Gasteiger partial charge >= 0.3 is 0 Å². The highest BCUT2D eigenvalue weighted by molar-refractivity contribution is 5.16. The van der Waals surface area contributed by atoms with Crippen LogP contribution < -0.4 is 0 Å². The van der Waals surface area contributed by atoms with Crippen LogP contribution in [-0.2, 0) is 0 Å². The summed E-state index contributed by atoms with van der Waals surface area (Å²) in [4.78, 5) is 0. The number of hydrogen-bond acceptors (Lipinski definition) is 0. The average Bonchev–Trinajstić information content (AvgIpc) is 3.01. The maximum atomic E-state index is 2.40. The molecule has 6 atom stereocenters. The SMILES string of the molecule is CCCC(CC)C1C2CC3CC3C21. The molecule has 0 heterocycles. The summed E-state index contributed by atoms with van der Waals surface area (Å²) in [5.74, 6) is 7.16. The molecule has 3 aliphatic carbocycles. The molecule has 0 aromatic heterocycles. The van der Waals surface area contributed by atoms with Crippen molar-refractivity contribution in [3.05, 3.63) is 0 Å². The van der Waals surface area contributed by atoms with Crippen LogP contribution in [0.1, 0.15) is 46.0 Å². The molecule has 3 rings (SSSR count). The molecular weight excluding hydrogens is 156 g/mol. The fourth-order valence-electron chi connectivity index (χ4n) is 4.41. The molecule has 0 nitrogen and oxygen atoms in total. The summed E-state index contributed by atoms with van der Waals surface area (Å²) in [6.45, 7) is 4.75. The molecule has 0 spiro atoms. The third-order valence-corrected chi connectivity index (χ3v) is 5.07. The summed E-state index contributed by atoms with van der Waals surface area (Å²) in [5, 5.41) is 0. The van der Waals surface area contributed by atoms with Gasteiger partial charge in [-0.2, -0.15) is 0 Å². The Morgan fingerprint density at radius 3 is 2.46 bits per heavy atom. The number of hydrogen-bond donors (Lipinski definition) is 0. The lowest BCUT2D eigenvalue weighted by Gasteiger charge is -2.15. The summed E-state index contributed by atoms with van der Waals surface area (Å²) in [7, 11) is 0. The van der Waals surface area contributed by atoms with Crippen molar-refractivity contribution in [1.29, 1.82) is 0 Å². The van der Waals surface area contributed by atoms with E-state index in [1.165, 1.54) is 48.9 Å². The maximum absolute atomic E-state index is 2.40. The normalized spacial score (nSPS) is 52.6. The first-order valence-corrected chi connectivity index (χ1v) is 6.36. The molecule has 0 heteroatoms. The molecular formula is C13H22. The summed E-state index contributed by atoms with van der Waals surface area (Å²) in [6, 6.07) is 0. The van der Waals surface area contributed by atoms with Gasteiger partial charge in [0.1, 0.15) is 0 Å². The highest BCUT2D eigenvalue weighted by atomic mass is 14.7. The molecule has 0 aliphatic heterocycles. The molecule has 0 amide bonds. The van der Waals surface area contributed by atoms with Crippen molar-refractivity contribution in [2.45, 2.75) is 46.0 Å². The molecule has 3 aliphatic rings. The molecule has 13 heavy (non-hydrogen) atoms. The summed E-state index contributed by atoms with van der Waals surface area (Å²) < 4.78 is 0. The minimum Gasteiger partial charge on any atom is -0.0654 e. The second-order valence-electron chi connectivity index (χ2n) is 5.67. The van der Waals surface area contributed by atoms with Gasteiger partial charge in [0.05, 0.1) is 0 Å². The van der Waals surface area contributed by atoms with Crippen LogP contribution in [0.25, 0.3) is 0 Å². The maximum Gasteiger partial charge on any atom is -0.0318 e. The molecule has 74 valence electrons. The molecule has 0 N–H and O–H groups in total. The second kappa shape index (κ2) is 2.74. The molecule has 0 aromatic carbocycles. The molecule has 0 aromatic rings. The zero-order chi connectivity index (χ0) is 9.00. The Kier molecular flexibility index (Phi) is 1.76. The lowest BCUT2D eigenvalue weighted by atomic mass is 9.91. The zero-order valence-corrected chi connectivity index (χ0v) is 9.00. The van der Waals surface area contributed by atoms with Gasteiger partial charge < -0.3 is 0 Å². The van der Waals surface area contributed by atoms with E-state index in [1.807, 2.05) is 0 Å². The molecule has 6 unspecified atom stereocenters. The Bertz CT molecular complexity index is 208. The van der Waals surface area contributed by atoms with Crippen LogP contribution in [0.3, 0.4) is 0 Å². The Morgan fingerprint density at radius 2 is 1.92 bits per heavy atom. The van der Waals surface area contributed by atoms with Crippen LogP contribution in [0, 0.1) is 35.5 Å². The quantitative estimate of drug-likeness (QED) is 0.615. The minimum absolute atomic E-state index is 1.10. The van der Waals surface area contributed by atoms with Gasteiger partial charge in [-0.1, -0.05) is 33.1 Å². The minimum atomic E-state index is 1.10. The van der Waals surface area contributed by atoms with E-state index in [0.29, 0.717) is 0 Å². The molecule has 0 saturated heterocycles. The number of fused-ring (bicyclic) bond motifs is 3. The lowest BCUT2D eigenvalue weighted by Crippen LogP contribution is -2.06. The first-order valence-electron chi connectivity index (χ1n) is 6.36. The van der Waals surface area contributed by atoms with Gasteiger partial charge in [0, 0.05) is 0 Å². The Labute approximate surface area is 82.1 Å². The number of rotatable bonds is 4. The van der Waals surface area contributed by atoms with Gasteiger partial charge in [0.25, 0.3) is 0 Å². The Hall–Kier alpha value is 0. The van der Waals surface area contributed by atoms with Gasteiger partial charge in [-0.15, -0.1) is 0 Å². The van der Waals surface area contributed by atoms with Crippen molar-refractivity contribution in [3.8, 4) is 0 Å². The van der Waals surface area contributed by atoms with E-state index in [0.717, 1.165) is 5.92 Å². The first-order chi connectivity index (χ1) is 6.36. The van der Waals surface area contributed by atoms with Crippen molar-refractivity contribution in [2.75, 3.05) is 0 Å². The van der Waals surface area contributed by atoms with Crippen molar-refractivity contribution < 1.29 is 0 Å². The fourth-order valence-corrected chi connectivity index (χ4v) is 4.41. The van der Waals surface area contributed by atoms with Gasteiger partial charge in [-0.05, 0) is 48.3 Å². The van der Waals surface area contributed by atoms with Gasteiger partial charge in [-0.25, -0.2) is 0 Å². The molecule has 3 saturated carbocycles. The summed E-state index contributed by atoms with van der Waals surface area (Å²) >= 11 is 0. The van der Waals surface area contributed by atoms with Crippen LogP contribution in [0.4, 0.5) is 0 Å². The van der Waals surface area contributed by atoms with Crippen molar-refractivity contribution >= 4 is 0 Å². The average molecular weight is 178 g/mol. The lowest BCUT2D eigenvalue weighted by molar-refractivity contribution is 0.352. The monoisotopic (exact) mass is 178 g/mol. The smallest absolute Gasteiger partial charge is 0.0318 e. The largest absolute Gasteiger partial charge is 0.0654 e. The first kappa shape index (κ1) is 8.32. The van der Waals surface area contributed by atoms with Gasteiger partial charge in [0.15, 0.2) is 0 Å². The third kappa shape index (κ3) is 1.10. The van der Waals surface area contributed by atoms with Crippen LogP contribution >= 0.6 is 0 Å². The van der Waals surface area contributed by atoms with Crippen molar-refractivity contribution in [1.82, 2.24) is 0 Å². The van der Waals surface area contributed by atoms with Crippen LogP contribution in [0.5, 0.6) is 0 Å². The van der Waals surface area contributed by atoms with E-state index in [4.69, 9.17) is 0 Å². The Balaban J connectivity index is 1.61. The van der Waals surface area contributed by atoms with Gasteiger partial charge in [0.2, 0.25) is 0 Å². The van der Waals surface area contributed by atoms with Crippen molar-refractivity contribution in [3.63, 3.8) is 0 Å². The van der Waals surface area contributed by atoms with E-state index in [2.05, 4.69) is 13.8 Å². The molecule has 3 fully saturated rings. The predicted octanol–water partition coefficient (Wildman–Crippen LogP) is 3.71. The summed E-state index contributed by atoms with van der Waals surface area (Å²) in [5.41, 5.74) is 0.